The lowest BCUT2D eigenvalue weighted by Crippen LogP contribution is -2.42. The maximum absolute atomic E-state index is 10.2. The van der Waals surface area contributed by atoms with Gasteiger partial charge in [-0.05, 0) is 49.9 Å². The van der Waals surface area contributed by atoms with Gasteiger partial charge in [-0.1, -0.05) is 37.6 Å². The summed E-state index contributed by atoms with van der Waals surface area (Å²) in [6.45, 7) is 10.9. The third-order valence-corrected chi connectivity index (χ3v) is 4.45. The Kier molecular flexibility index (Phi) is 3.25. The number of allylic oxidation sites excluding steroid dienone is 2. The Hall–Kier alpha value is -0.560. The molecule has 0 aromatic heterocycles. The topological polar surface area (TPSA) is 20.2 Å². The summed E-state index contributed by atoms with van der Waals surface area (Å²) in [7, 11) is 0. The molecule has 1 fully saturated rings. The maximum Gasteiger partial charge on any atom is 0.0613 e. The van der Waals surface area contributed by atoms with Crippen molar-refractivity contribution in [1.29, 1.82) is 0 Å². The molecule has 0 radical (unpaired) electrons. The monoisotopic (exact) mass is 220 g/mol. The third-order valence-electron chi connectivity index (χ3n) is 4.45. The average molecular weight is 220 g/mol. The molecule has 90 valence electrons. The van der Waals surface area contributed by atoms with Crippen LogP contribution in [0.5, 0.6) is 0 Å². The molecular formula is C15H24O. The summed E-state index contributed by atoms with van der Waals surface area (Å²) < 4.78 is 0. The Morgan fingerprint density at radius 2 is 2.12 bits per heavy atom. The summed E-state index contributed by atoms with van der Waals surface area (Å²) >= 11 is 0. The van der Waals surface area contributed by atoms with Gasteiger partial charge in [-0.15, -0.1) is 0 Å². The van der Waals surface area contributed by atoms with E-state index in [2.05, 4.69) is 33.4 Å². The molecule has 1 heteroatoms. The third kappa shape index (κ3) is 1.98. The van der Waals surface area contributed by atoms with Gasteiger partial charge in [0.25, 0.3) is 0 Å². The second kappa shape index (κ2) is 4.37. The molecule has 0 saturated heterocycles. The summed E-state index contributed by atoms with van der Waals surface area (Å²) in [6, 6.07) is 0. The van der Waals surface area contributed by atoms with Crippen molar-refractivity contribution in [2.45, 2.75) is 46.1 Å². The van der Waals surface area contributed by atoms with E-state index in [1.165, 1.54) is 24.0 Å². The van der Waals surface area contributed by atoms with Gasteiger partial charge in [0.2, 0.25) is 0 Å². The normalized spacial score (nSPS) is 39.6. The van der Waals surface area contributed by atoms with E-state index in [-0.39, 0.29) is 6.10 Å². The average Bonchev–Trinajstić information content (AvgIpc) is 2.15. The molecule has 2 aliphatic carbocycles. The Morgan fingerprint density at radius 1 is 1.44 bits per heavy atom. The van der Waals surface area contributed by atoms with Gasteiger partial charge < -0.3 is 5.11 Å². The van der Waals surface area contributed by atoms with Gasteiger partial charge in [0.15, 0.2) is 0 Å². The van der Waals surface area contributed by atoms with Gasteiger partial charge in [0.05, 0.1) is 6.10 Å². The molecule has 0 amide bonds. The molecule has 0 aromatic carbocycles. The maximum atomic E-state index is 10.2. The number of rotatable bonds is 1. The highest BCUT2D eigenvalue weighted by atomic mass is 16.3. The summed E-state index contributed by atoms with van der Waals surface area (Å²) in [5.74, 6) is 2.13. The summed E-state index contributed by atoms with van der Waals surface area (Å²) in [5, 5.41) is 10.2. The van der Waals surface area contributed by atoms with Crippen LogP contribution in [0.4, 0.5) is 0 Å². The van der Waals surface area contributed by atoms with Gasteiger partial charge in [0, 0.05) is 0 Å². The first-order chi connectivity index (χ1) is 7.50. The highest BCUT2D eigenvalue weighted by Gasteiger charge is 2.41. The Bertz CT molecular complexity index is 313. The van der Waals surface area contributed by atoms with Crippen LogP contribution in [0.25, 0.3) is 0 Å². The number of hydrogen-bond acceptors (Lipinski definition) is 1. The van der Waals surface area contributed by atoms with Crippen LogP contribution in [-0.2, 0) is 0 Å². The molecule has 2 rings (SSSR count). The van der Waals surface area contributed by atoms with E-state index in [1.807, 2.05) is 0 Å². The zero-order valence-corrected chi connectivity index (χ0v) is 10.7. The number of aliphatic hydroxyl groups is 1. The van der Waals surface area contributed by atoms with Crippen molar-refractivity contribution in [2.24, 2.45) is 23.7 Å². The van der Waals surface area contributed by atoms with E-state index in [0.717, 1.165) is 6.42 Å². The number of fused-ring (bicyclic) bond motifs is 1. The predicted octanol–water partition coefficient (Wildman–Crippen LogP) is 3.55. The lowest BCUT2D eigenvalue weighted by Gasteiger charge is -2.45. The molecule has 0 unspecified atom stereocenters. The molecule has 1 N–H and O–H groups in total. The molecule has 0 spiro atoms. The van der Waals surface area contributed by atoms with Crippen LogP contribution in [0.3, 0.4) is 0 Å². The summed E-state index contributed by atoms with van der Waals surface area (Å²) in [6.07, 6.45) is 5.49. The molecule has 1 nitrogen and oxygen atoms in total. The van der Waals surface area contributed by atoms with Crippen molar-refractivity contribution in [1.82, 2.24) is 0 Å². The number of aliphatic hydroxyl groups excluding tert-OH is 1. The van der Waals surface area contributed by atoms with Crippen LogP contribution < -0.4 is 0 Å². The summed E-state index contributed by atoms with van der Waals surface area (Å²) in [5.41, 5.74) is 2.77. The zero-order chi connectivity index (χ0) is 11.9. The number of hydrogen-bond donors (Lipinski definition) is 1. The molecule has 0 aromatic rings. The lowest BCUT2D eigenvalue weighted by molar-refractivity contribution is 0.0163. The van der Waals surface area contributed by atoms with Gasteiger partial charge in [-0.25, -0.2) is 0 Å². The molecule has 2 aliphatic rings. The Labute approximate surface area is 99.3 Å². The van der Waals surface area contributed by atoms with E-state index < -0.39 is 0 Å². The van der Waals surface area contributed by atoms with Crippen molar-refractivity contribution in [3.8, 4) is 0 Å². The molecule has 0 aliphatic heterocycles. The fourth-order valence-corrected chi connectivity index (χ4v) is 3.66. The smallest absolute Gasteiger partial charge is 0.0613 e. The van der Waals surface area contributed by atoms with Crippen molar-refractivity contribution >= 4 is 0 Å². The first-order valence-corrected chi connectivity index (χ1v) is 6.53. The highest BCUT2D eigenvalue weighted by Crippen LogP contribution is 2.47. The Morgan fingerprint density at radius 3 is 2.75 bits per heavy atom. The first-order valence-electron chi connectivity index (χ1n) is 6.53. The van der Waals surface area contributed by atoms with Gasteiger partial charge in [-0.2, -0.15) is 0 Å². The molecular weight excluding hydrogens is 196 g/mol. The standard InChI is InChI=1S/C15H24O/c1-9(2)15-13-7-10(3)5-6-12(13)11(4)8-14(15)16/h7,9,12-16H,4-6,8H2,1-3H3/t12-,13-,14-,15+/m1/s1. The fraction of sp³-hybridized carbons (Fsp3) is 0.733. The fourth-order valence-electron chi connectivity index (χ4n) is 3.66. The zero-order valence-electron chi connectivity index (χ0n) is 10.7. The van der Waals surface area contributed by atoms with Crippen molar-refractivity contribution < 1.29 is 5.11 Å². The largest absolute Gasteiger partial charge is 0.392 e. The molecule has 1 saturated carbocycles. The van der Waals surface area contributed by atoms with Crippen LogP contribution in [0.2, 0.25) is 0 Å². The SMILES string of the molecule is C=C1C[C@@H](O)[C@@H](C(C)C)[C@@H]2C=C(C)CC[C@H]12. The van der Waals surface area contributed by atoms with Gasteiger partial charge in [0.1, 0.15) is 0 Å². The van der Waals surface area contributed by atoms with Crippen LogP contribution >= 0.6 is 0 Å². The molecule has 0 heterocycles. The second-order valence-corrected chi connectivity index (χ2v) is 5.99. The minimum absolute atomic E-state index is 0.184. The van der Waals surface area contributed by atoms with Crippen LogP contribution in [0.15, 0.2) is 23.8 Å². The molecule has 4 atom stereocenters. The van der Waals surface area contributed by atoms with Crippen LogP contribution in [0, 0.1) is 23.7 Å². The van der Waals surface area contributed by atoms with Crippen molar-refractivity contribution in [2.75, 3.05) is 0 Å². The predicted molar refractivity (Wildman–Crippen MR) is 68.1 cm³/mol. The van der Waals surface area contributed by atoms with E-state index in [9.17, 15) is 5.11 Å². The second-order valence-electron chi connectivity index (χ2n) is 5.99. The van der Waals surface area contributed by atoms with Crippen molar-refractivity contribution in [3.63, 3.8) is 0 Å². The highest BCUT2D eigenvalue weighted by molar-refractivity contribution is 5.21. The van der Waals surface area contributed by atoms with Crippen molar-refractivity contribution in [3.05, 3.63) is 23.8 Å². The van der Waals surface area contributed by atoms with Gasteiger partial charge >= 0.3 is 0 Å². The minimum Gasteiger partial charge on any atom is -0.392 e. The molecule has 16 heavy (non-hydrogen) atoms. The van der Waals surface area contributed by atoms with E-state index in [4.69, 9.17) is 0 Å². The van der Waals surface area contributed by atoms with Crippen LogP contribution in [-0.4, -0.2) is 11.2 Å². The first kappa shape index (κ1) is 11.9. The minimum atomic E-state index is -0.184. The van der Waals surface area contributed by atoms with E-state index in [0.29, 0.717) is 23.7 Å². The lowest BCUT2D eigenvalue weighted by atomic mass is 9.61. The summed E-state index contributed by atoms with van der Waals surface area (Å²) in [4.78, 5) is 0. The van der Waals surface area contributed by atoms with Crippen LogP contribution in [0.1, 0.15) is 40.0 Å². The molecule has 0 bridgehead atoms. The van der Waals surface area contributed by atoms with E-state index in [1.54, 1.807) is 0 Å². The Balaban J connectivity index is 2.31. The van der Waals surface area contributed by atoms with Gasteiger partial charge in [-0.3, -0.25) is 0 Å². The quantitative estimate of drug-likeness (QED) is 0.670. The van der Waals surface area contributed by atoms with E-state index >= 15 is 0 Å².